The second-order valence-electron chi connectivity index (χ2n) is 7.50. The highest BCUT2D eigenvalue weighted by atomic mass is 35.5. The van der Waals surface area contributed by atoms with Crippen molar-refractivity contribution in [2.45, 2.75) is 57.5 Å². The zero-order chi connectivity index (χ0) is 17.7. The molecular formula is C21H29ClF3N. The molecule has 1 aromatic carbocycles. The molecule has 26 heavy (non-hydrogen) atoms. The zero-order valence-electron chi connectivity index (χ0n) is 15.2. The molecule has 0 N–H and O–H groups in total. The van der Waals surface area contributed by atoms with Gasteiger partial charge in [0.15, 0.2) is 0 Å². The van der Waals surface area contributed by atoms with Gasteiger partial charge in [-0.05, 0) is 48.6 Å². The third-order valence-corrected chi connectivity index (χ3v) is 5.68. The van der Waals surface area contributed by atoms with Crippen LogP contribution in [0.2, 0.25) is 0 Å². The Labute approximate surface area is 161 Å². The highest BCUT2D eigenvalue weighted by Crippen LogP contribution is 2.32. The van der Waals surface area contributed by atoms with E-state index in [-0.39, 0.29) is 12.4 Å². The molecule has 0 radical (unpaired) electrons. The van der Waals surface area contributed by atoms with Crippen molar-refractivity contribution in [3.05, 3.63) is 41.5 Å². The normalized spacial score (nSPS) is 20.2. The lowest BCUT2D eigenvalue weighted by Crippen LogP contribution is -2.30. The van der Waals surface area contributed by atoms with Gasteiger partial charge in [0.05, 0.1) is 5.56 Å². The molecule has 3 rings (SSSR count). The maximum atomic E-state index is 12.9. The van der Waals surface area contributed by atoms with Gasteiger partial charge in [0.2, 0.25) is 0 Å². The van der Waals surface area contributed by atoms with Gasteiger partial charge in [-0.2, -0.15) is 13.2 Å². The Hall–Kier alpha value is -1.00. The zero-order valence-corrected chi connectivity index (χ0v) is 16.0. The second-order valence-corrected chi connectivity index (χ2v) is 7.50. The molecule has 0 aromatic heterocycles. The number of nitrogens with zero attached hydrogens (tertiary/aromatic N) is 1. The van der Waals surface area contributed by atoms with Crippen LogP contribution in [0.1, 0.15) is 62.5 Å². The summed E-state index contributed by atoms with van der Waals surface area (Å²) in [5.74, 6) is 0.872. The van der Waals surface area contributed by atoms with E-state index < -0.39 is 11.7 Å². The van der Waals surface area contributed by atoms with Crippen LogP contribution in [0.5, 0.6) is 0 Å². The van der Waals surface area contributed by atoms with Crippen LogP contribution in [0.25, 0.3) is 5.57 Å². The van der Waals surface area contributed by atoms with E-state index >= 15 is 0 Å². The molecule has 1 aromatic rings. The first-order valence-corrected chi connectivity index (χ1v) is 9.61. The highest BCUT2D eigenvalue weighted by Gasteiger charge is 2.30. The maximum Gasteiger partial charge on any atom is 0.416 e. The van der Waals surface area contributed by atoms with Crippen LogP contribution in [-0.4, -0.2) is 24.5 Å². The first-order valence-electron chi connectivity index (χ1n) is 9.61. The van der Waals surface area contributed by atoms with Crippen LogP contribution in [0.3, 0.4) is 0 Å². The van der Waals surface area contributed by atoms with Gasteiger partial charge >= 0.3 is 6.18 Å². The summed E-state index contributed by atoms with van der Waals surface area (Å²) < 4.78 is 38.6. The lowest BCUT2D eigenvalue weighted by molar-refractivity contribution is -0.137. The van der Waals surface area contributed by atoms with Gasteiger partial charge in [-0.15, -0.1) is 12.4 Å². The molecule has 0 atom stereocenters. The molecule has 0 bridgehead atoms. The molecule has 146 valence electrons. The molecule has 0 saturated heterocycles. The Kier molecular flexibility index (Phi) is 8.03. The number of rotatable bonds is 4. The molecule has 1 aliphatic heterocycles. The second kappa shape index (κ2) is 9.80. The minimum atomic E-state index is -4.27. The molecule has 1 nitrogen and oxygen atoms in total. The Morgan fingerprint density at radius 3 is 2.38 bits per heavy atom. The Bertz CT molecular complexity index is 589. The van der Waals surface area contributed by atoms with E-state index in [1.54, 1.807) is 6.07 Å². The molecule has 0 unspecified atom stereocenters. The lowest BCUT2D eigenvalue weighted by atomic mass is 9.95. The summed E-state index contributed by atoms with van der Waals surface area (Å²) in [6.45, 7) is 2.93. The van der Waals surface area contributed by atoms with Gasteiger partial charge in [0, 0.05) is 13.1 Å². The molecule has 1 aliphatic carbocycles. The van der Waals surface area contributed by atoms with E-state index in [9.17, 15) is 13.2 Å². The predicted molar refractivity (Wildman–Crippen MR) is 104 cm³/mol. The third kappa shape index (κ3) is 6.02. The minimum absolute atomic E-state index is 0. The van der Waals surface area contributed by atoms with Gasteiger partial charge in [-0.3, -0.25) is 4.90 Å². The summed E-state index contributed by atoms with van der Waals surface area (Å²) in [6.07, 6.45) is 8.25. The summed E-state index contributed by atoms with van der Waals surface area (Å²) in [5, 5.41) is 0. The first-order chi connectivity index (χ1) is 12.0. The maximum absolute atomic E-state index is 12.9. The van der Waals surface area contributed by atoms with Gasteiger partial charge in [-0.1, -0.05) is 56.7 Å². The number of halogens is 4. The van der Waals surface area contributed by atoms with Gasteiger partial charge < -0.3 is 0 Å². The quantitative estimate of drug-likeness (QED) is 0.527. The molecule has 5 heteroatoms. The van der Waals surface area contributed by atoms with Crippen LogP contribution >= 0.6 is 12.4 Å². The summed E-state index contributed by atoms with van der Waals surface area (Å²) >= 11 is 0. The number of alkyl halides is 3. The molecule has 1 saturated carbocycles. The number of benzene rings is 1. The molecule has 1 fully saturated rings. The number of hydrogen-bond donors (Lipinski definition) is 0. The van der Waals surface area contributed by atoms with Crippen molar-refractivity contribution in [1.82, 2.24) is 4.90 Å². The van der Waals surface area contributed by atoms with Crippen LogP contribution in [0.4, 0.5) is 13.2 Å². The van der Waals surface area contributed by atoms with E-state index in [1.807, 2.05) is 0 Å². The van der Waals surface area contributed by atoms with Crippen molar-refractivity contribution in [3.63, 3.8) is 0 Å². The smallest absolute Gasteiger partial charge is 0.299 e. The fourth-order valence-corrected chi connectivity index (χ4v) is 4.09. The summed E-state index contributed by atoms with van der Waals surface area (Å²) in [7, 11) is 0. The molecule has 0 amide bonds. The van der Waals surface area contributed by atoms with Crippen molar-refractivity contribution in [2.75, 3.05) is 19.6 Å². The molecule has 1 heterocycles. The van der Waals surface area contributed by atoms with Crippen molar-refractivity contribution in [1.29, 1.82) is 0 Å². The van der Waals surface area contributed by atoms with Crippen LogP contribution in [-0.2, 0) is 6.18 Å². The predicted octanol–water partition coefficient (Wildman–Crippen LogP) is 6.58. The average molecular weight is 388 g/mol. The standard InChI is InChI=1S/C21H28F3N.ClH/c22-21(23,24)20-9-5-8-19(16-20)18-11-14-25(15-12-18)13-10-17-6-3-1-2-4-7-17;/h5,8-9,11,16-17H,1-4,6-7,10,12-15H2;1H. The monoisotopic (exact) mass is 387 g/mol. The Morgan fingerprint density at radius 1 is 1.04 bits per heavy atom. The van der Waals surface area contributed by atoms with Gasteiger partial charge in [-0.25, -0.2) is 0 Å². The highest BCUT2D eigenvalue weighted by molar-refractivity contribution is 5.85. The van der Waals surface area contributed by atoms with Gasteiger partial charge in [0.25, 0.3) is 0 Å². The summed E-state index contributed by atoms with van der Waals surface area (Å²) in [5.41, 5.74) is 1.22. The van der Waals surface area contributed by atoms with Crippen molar-refractivity contribution in [2.24, 2.45) is 5.92 Å². The van der Waals surface area contributed by atoms with Crippen molar-refractivity contribution in [3.8, 4) is 0 Å². The third-order valence-electron chi connectivity index (χ3n) is 5.68. The fourth-order valence-electron chi connectivity index (χ4n) is 4.09. The van der Waals surface area contributed by atoms with E-state index in [0.29, 0.717) is 0 Å². The topological polar surface area (TPSA) is 3.24 Å². The van der Waals surface area contributed by atoms with E-state index in [1.165, 1.54) is 57.1 Å². The van der Waals surface area contributed by atoms with Crippen LogP contribution in [0, 0.1) is 5.92 Å². The van der Waals surface area contributed by atoms with E-state index in [0.717, 1.165) is 49.2 Å². The molecule has 0 spiro atoms. The molecule has 2 aliphatic rings. The van der Waals surface area contributed by atoms with E-state index in [2.05, 4.69) is 11.0 Å². The average Bonchev–Trinajstić information content (AvgIpc) is 2.89. The minimum Gasteiger partial charge on any atom is -0.299 e. The van der Waals surface area contributed by atoms with Crippen molar-refractivity contribution < 1.29 is 13.2 Å². The van der Waals surface area contributed by atoms with E-state index in [4.69, 9.17) is 0 Å². The SMILES string of the molecule is Cl.FC(F)(F)c1cccc(C2=CCN(CCC3CCCCCC3)CC2)c1. The first kappa shape index (κ1) is 21.3. The summed E-state index contributed by atoms with van der Waals surface area (Å²) in [6, 6.07) is 5.73. The fraction of sp³-hybridized carbons (Fsp3) is 0.619. The summed E-state index contributed by atoms with van der Waals surface area (Å²) in [4.78, 5) is 2.45. The molecular weight excluding hydrogens is 359 g/mol. The van der Waals surface area contributed by atoms with Gasteiger partial charge in [0.1, 0.15) is 0 Å². The largest absolute Gasteiger partial charge is 0.416 e. The Balaban J connectivity index is 0.00000243. The van der Waals surface area contributed by atoms with Crippen molar-refractivity contribution >= 4 is 18.0 Å². The van der Waals surface area contributed by atoms with Crippen LogP contribution < -0.4 is 0 Å². The number of hydrogen-bond acceptors (Lipinski definition) is 1. The van der Waals surface area contributed by atoms with Crippen LogP contribution in [0.15, 0.2) is 30.3 Å². The Morgan fingerprint density at radius 2 is 1.77 bits per heavy atom. The lowest BCUT2D eigenvalue weighted by Gasteiger charge is -2.28.